The van der Waals surface area contributed by atoms with Crippen molar-refractivity contribution in [1.82, 2.24) is 4.98 Å². The number of carbonyl (C=O) groups is 1. The molecule has 0 spiro atoms. The summed E-state index contributed by atoms with van der Waals surface area (Å²) >= 11 is 0. The van der Waals surface area contributed by atoms with Crippen LogP contribution in [0.1, 0.15) is 30.1 Å². The molecule has 4 rings (SSSR count). The largest absolute Gasteiger partial charge is 0.493 e. The number of anilines is 3. The van der Waals surface area contributed by atoms with Gasteiger partial charge >= 0.3 is 0 Å². The molecule has 1 aliphatic carbocycles. The Balaban J connectivity index is 1.76. The number of sulfonamides is 1. The van der Waals surface area contributed by atoms with Crippen LogP contribution in [0.2, 0.25) is 0 Å². The molecular weight excluding hydrogens is 454 g/mol. The molecule has 1 aliphatic rings. The van der Waals surface area contributed by atoms with Gasteiger partial charge in [-0.25, -0.2) is 8.42 Å². The summed E-state index contributed by atoms with van der Waals surface area (Å²) in [6.45, 7) is 2.15. The van der Waals surface area contributed by atoms with Gasteiger partial charge in [0.05, 0.1) is 42.1 Å². The van der Waals surface area contributed by atoms with Crippen LogP contribution in [0, 0.1) is 5.92 Å². The third-order valence-electron chi connectivity index (χ3n) is 5.45. The molecule has 3 aromatic rings. The lowest BCUT2D eigenvalue weighted by atomic mass is 10.1. The number of rotatable bonds is 10. The number of benzene rings is 2. The molecule has 0 unspecified atom stereocenters. The van der Waals surface area contributed by atoms with Gasteiger partial charge in [0.1, 0.15) is 0 Å². The van der Waals surface area contributed by atoms with E-state index in [-0.39, 0.29) is 11.7 Å². The molecule has 8 nitrogen and oxygen atoms in total. The van der Waals surface area contributed by atoms with E-state index in [4.69, 9.17) is 9.47 Å². The smallest absolute Gasteiger partial charge is 0.264 e. The number of hydrogen-bond donors (Lipinski definition) is 1. The maximum atomic E-state index is 13.6. The topological polar surface area (TPSA) is 97.8 Å². The van der Waals surface area contributed by atoms with Crippen LogP contribution in [-0.4, -0.2) is 38.8 Å². The van der Waals surface area contributed by atoms with E-state index in [0.717, 1.165) is 12.8 Å². The molecule has 0 aliphatic heterocycles. The van der Waals surface area contributed by atoms with Gasteiger partial charge in [-0.2, -0.15) is 0 Å². The third kappa shape index (κ3) is 5.66. The van der Waals surface area contributed by atoms with Crippen molar-refractivity contribution in [2.24, 2.45) is 5.92 Å². The minimum atomic E-state index is -3.48. The zero-order chi connectivity index (χ0) is 24.1. The van der Waals surface area contributed by atoms with Gasteiger partial charge in [0.25, 0.3) is 5.91 Å². The van der Waals surface area contributed by atoms with Crippen LogP contribution in [0.15, 0.2) is 67.0 Å². The molecule has 34 heavy (non-hydrogen) atoms. The van der Waals surface area contributed by atoms with Crippen LogP contribution in [0.25, 0.3) is 0 Å². The van der Waals surface area contributed by atoms with Crippen LogP contribution in [0.4, 0.5) is 17.1 Å². The van der Waals surface area contributed by atoms with Gasteiger partial charge in [0, 0.05) is 18.5 Å². The molecule has 1 amide bonds. The second kappa shape index (κ2) is 10.1. The fourth-order valence-corrected chi connectivity index (χ4v) is 4.00. The average molecular weight is 482 g/mol. The Morgan fingerprint density at radius 3 is 2.56 bits per heavy atom. The molecular formula is C25H27N3O5S. The van der Waals surface area contributed by atoms with E-state index in [1.165, 1.54) is 11.1 Å². The SMILES string of the molecule is CCS(=O)(=O)Nc1cccc(N(C(=O)c2cccnc2)c2ccc(OC)c(OCC3CC3)c2)c1. The first kappa shape index (κ1) is 23.6. The number of amides is 1. The lowest BCUT2D eigenvalue weighted by molar-refractivity contribution is 0.0999. The molecule has 1 N–H and O–H groups in total. The summed E-state index contributed by atoms with van der Waals surface area (Å²) in [7, 11) is -1.91. The van der Waals surface area contributed by atoms with Gasteiger partial charge in [-0.3, -0.25) is 19.4 Å². The van der Waals surface area contributed by atoms with E-state index < -0.39 is 10.0 Å². The zero-order valence-corrected chi connectivity index (χ0v) is 19.9. The molecule has 1 fully saturated rings. The number of pyridine rings is 1. The van der Waals surface area contributed by atoms with Gasteiger partial charge in [-0.15, -0.1) is 0 Å². The van der Waals surface area contributed by atoms with E-state index in [1.54, 1.807) is 74.8 Å². The van der Waals surface area contributed by atoms with Crippen LogP contribution in [0.5, 0.6) is 11.5 Å². The van der Waals surface area contributed by atoms with Crippen molar-refractivity contribution in [3.05, 3.63) is 72.6 Å². The zero-order valence-electron chi connectivity index (χ0n) is 19.1. The number of hydrogen-bond acceptors (Lipinski definition) is 6. The predicted molar refractivity (Wildman–Crippen MR) is 131 cm³/mol. The van der Waals surface area contributed by atoms with Crippen molar-refractivity contribution in [3.63, 3.8) is 0 Å². The molecule has 178 valence electrons. The number of methoxy groups -OCH3 is 1. The highest BCUT2D eigenvalue weighted by Gasteiger charge is 2.25. The molecule has 2 aromatic carbocycles. The van der Waals surface area contributed by atoms with Crippen LogP contribution < -0.4 is 19.1 Å². The molecule has 9 heteroatoms. The van der Waals surface area contributed by atoms with Crippen molar-refractivity contribution in [3.8, 4) is 11.5 Å². The Morgan fingerprint density at radius 2 is 1.88 bits per heavy atom. The number of nitrogens with zero attached hydrogens (tertiary/aromatic N) is 2. The van der Waals surface area contributed by atoms with Gasteiger partial charge < -0.3 is 9.47 Å². The quantitative estimate of drug-likeness (QED) is 0.454. The first-order chi connectivity index (χ1) is 16.4. The fraction of sp³-hybridized carbons (Fsp3) is 0.280. The molecule has 1 saturated carbocycles. The first-order valence-corrected chi connectivity index (χ1v) is 12.7. The van der Waals surface area contributed by atoms with Crippen molar-refractivity contribution < 1.29 is 22.7 Å². The minimum absolute atomic E-state index is 0.0598. The van der Waals surface area contributed by atoms with Crippen molar-refractivity contribution in [2.75, 3.05) is 29.1 Å². The molecule has 0 bridgehead atoms. The van der Waals surface area contributed by atoms with Crippen molar-refractivity contribution in [1.29, 1.82) is 0 Å². The fourth-order valence-electron chi connectivity index (χ4n) is 3.37. The summed E-state index contributed by atoms with van der Waals surface area (Å²) in [5, 5.41) is 0. The Labute approximate surface area is 199 Å². The Kier molecular flexibility index (Phi) is 7.02. The van der Waals surface area contributed by atoms with Gasteiger partial charge in [-0.1, -0.05) is 6.07 Å². The highest BCUT2D eigenvalue weighted by molar-refractivity contribution is 7.92. The maximum absolute atomic E-state index is 13.6. The average Bonchev–Trinajstić information content (AvgIpc) is 3.68. The van der Waals surface area contributed by atoms with E-state index in [9.17, 15) is 13.2 Å². The number of nitrogens with one attached hydrogen (secondary N) is 1. The molecule has 1 heterocycles. The Hall–Kier alpha value is -3.59. The Morgan fingerprint density at radius 1 is 1.09 bits per heavy atom. The van der Waals surface area contributed by atoms with E-state index >= 15 is 0 Å². The predicted octanol–water partition coefficient (Wildman–Crippen LogP) is 4.62. The second-order valence-electron chi connectivity index (χ2n) is 8.03. The number of ether oxygens (including phenoxy) is 2. The molecule has 0 radical (unpaired) electrons. The lowest BCUT2D eigenvalue weighted by Crippen LogP contribution is -2.26. The van der Waals surface area contributed by atoms with Gasteiger partial charge in [0.15, 0.2) is 11.5 Å². The summed E-state index contributed by atoms with van der Waals surface area (Å²) < 4.78 is 38.2. The lowest BCUT2D eigenvalue weighted by Gasteiger charge is -2.25. The standard InChI is InChI=1S/C25H27N3O5S/c1-3-34(30,31)27-20-7-4-8-21(14-20)28(25(29)19-6-5-13-26-16-19)22-11-12-23(32-2)24(15-22)33-17-18-9-10-18/h4-8,11-16,18,27H,3,9-10,17H2,1-2H3. The monoisotopic (exact) mass is 481 g/mol. The number of carbonyl (C=O) groups excluding carboxylic acids is 1. The van der Waals surface area contributed by atoms with Crippen molar-refractivity contribution in [2.45, 2.75) is 19.8 Å². The summed E-state index contributed by atoms with van der Waals surface area (Å²) in [6, 6.07) is 15.4. The van der Waals surface area contributed by atoms with Gasteiger partial charge in [-0.05, 0) is 68.1 Å². The van der Waals surface area contributed by atoms with Gasteiger partial charge in [0.2, 0.25) is 10.0 Å². The maximum Gasteiger partial charge on any atom is 0.264 e. The van der Waals surface area contributed by atoms with Crippen molar-refractivity contribution >= 4 is 33.0 Å². The number of aromatic nitrogens is 1. The van der Waals surface area contributed by atoms with Crippen LogP contribution in [-0.2, 0) is 10.0 Å². The normalized spacial score (nSPS) is 13.2. The summed E-state index contributed by atoms with van der Waals surface area (Å²) in [5.41, 5.74) is 1.79. The molecule has 1 aromatic heterocycles. The molecule has 0 saturated heterocycles. The summed E-state index contributed by atoms with van der Waals surface area (Å²) in [6.07, 6.45) is 5.38. The van der Waals surface area contributed by atoms with E-state index in [1.807, 2.05) is 0 Å². The Bertz CT molecular complexity index is 1260. The summed E-state index contributed by atoms with van der Waals surface area (Å²) in [5.74, 6) is 1.28. The second-order valence-corrected chi connectivity index (χ2v) is 10.0. The third-order valence-corrected chi connectivity index (χ3v) is 6.75. The molecule has 0 atom stereocenters. The van der Waals surface area contributed by atoms with Crippen LogP contribution >= 0.6 is 0 Å². The van der Waals surface area contributed by atoms with E-state index in [2.05, 4.69) is 9.71 Å². The van der Waals surface area contributed by atoms with E-state index in [0.29, 0.717) is 46.6 Å². The van der Waals surface area contributed by atoms with Crippen LogP contribution in [0.3, 0.4) is 0 Å². The minimum Gasteiger partial charge on any atom is -0.493 e. The highest BCUT2D eigenvalue weighted by atomic mass is 32.2. The highest BCUT2D eigenvalue weighted by Crippen LogP contribution is 2.38. The summed E-state index contributed by atoms with van der Waals surface area (Å²) in [4.78, 5) is 19.2. The first-order valence-electron chi connectivity index (χ1n) is 11.1.